The van der Waals surface area contributed by atoms with E-state index >= 15 is 0 Å². The van der Waals surface area contributed by atoms with Crippen LogP contribution in [-0.2, 0) is 4.74 Å². The van der Waals surface area contributed by atoms with Crippen LogP contribution < -0.4 is 0 Å². The molecule has 2 spiro atoms. The van der Waals surface area contributed by atoms with Gasteiger partial charge in [0, 0.05) is 5.41 Å². The van der Waals surface area contributed by atoms with Gasteiger partial charge < -0.3 is 4.74 Å². The number of hydrogen-bond acceptors (Lipinski definition) is 1. The van der Waals surface area contributed by atoms with E-state index in [9.17, 15) is 0 Å². The molecule has 1 heteroatoms. The van der Waals surface area contributed by atoms with Crippen molar-refractivity contribution in [3.8, 4) is 0 Å². The molecule has 9 aliphatic rings. The molecule has 8 saturated carbocycles. The lowest BCUT2D eigenvalue weighted by Gasteiger charge is -2.57. The van der Waals surface area contributed by atoms with Gasteiger partial charge in [-0.05, 0) is 72.0 Å². The molecule has 0 aromatic carbocycles. The van der Waals surface area contributed by atoms with Gasteiger partial charge in [-0.3, -0.25) is 0 Å². The summed E-state index contributed by atoms with van der Waals surface area (Å²) < 4.78 is 6.44. The Morgan fingerprint density at radius 3 is 2.56 bits per heavy atom. The maximum Gasteiger partial charge on any atom is 0.0830 e. The summed E-state index contributed by atoms with van der Waals surface area (Å²) in [6, 6.07) is 0. The summed E-state index contributed by atoms with van der Waals surface area (Å²) >= 11 is 0. The molecule has 0 N–H and O–H groups in total. The second kappa shape index (κ2) is 1.38. The third kappa shape index (κ3) is 0.277. The molecule has 1 aliphatic heterocycles. The Bertz CT molecular complexity index is 462. The molecule has 0 aromatic heterocycles. The highest BCUT2D eigenvalue weighted by atomic mass is 16.5. The van der Waals surface area contributed by atoms with E-state index in [1.807, 2.05) is 0 Å². The third-order valence-electron chi connectivity index (χ3n) is 9.64. The van der Waals surface area contributed by atoms with E-state index in [1.54, 1.807) is 12.8 Å². The lowest BCUT2D eigenvalue weighted by molar-refractivity contribution is -0.281. The highest BCUT2D eigenvalue weighted by molar-refractivity contribution is 5.48. The summed E-state index contributed by atoms with van der Waals surface area (Å²) in [6.07, 6.45) is 3.25. The summed E-state index contributed by atoms with van der Waals surface area (Å²) in [7, 11) is 0. The molecular formula is C15H16O. The quantitative estimate of drug-likeness (QED) is 0.595. The van der Waals surface area contributed by atoms with E-state index < -0.39 is 0 Å². The fourth-order valence-electron chi connectivity index (χ4n) is 10.6. The van der Waals surface area contributed by atoms with Gasteiger partial charge >= 0.3 is 0 Å². The molecule has 1 nitrogen and oxygen atoms in total. The minimum absolute atomic E-state index is 0.513. The van der Waals surface area contributed by atoms with Gasteiger partial charge in [0.25, 0.3) is 0 Å². The molecular weight excluding hydrogens is 196 g/mol. The van der Waals surface area contributed by atoms with Gasteiger partial charge in [-0.1, -0.05) is 0 Å². The van der Waals surface area contributed by atoms with Crippen molar-refractivity contribution in [2.75, 3.05) is 6.61 Å². The molecule has 8 aliphatic carbocycles. The molecule has 0 amide bonds. The third-order valence-corrected chi connectivity index (χ3v) is 9.64. The van der Waals surface area contributed by atoms with E-state index in [4.69, 9.17) is 4.74 Å². The average Bonchev–Trinajstić information content (AvgIpc) is 2.94. The first kappa shape index (κ1) is 6.78. The summed E-state index contributed by atoms with van der Waals surface area (Å²) in [5.41, 5.74) is 1.30. The summed E-state index contributed by atoms with van der Waals surface area (Å²) in [6.45, 7) is 1.20. The zero-order chi connectivity index (χ0) is 9.60. The molecule has 4 bridgehead atoms. The highest BCUT2D eigenvalue weighted by Crippen LogP contribution is 3.00. The van der Waals surface area contributed by atoms with Crippen molar-refractivity contribution in [2.24, 2.45) is 64.6 Å². The minimum Gasteiger partial charge on any atom is -0.373 e. The van der Waals surface area contributed by atoms with Gasteiger partial charge in [0.05, 0.1) is 12.2 Å². The SMILES string of the molecule is C1C2C3C4C5C2C2C1C3C13COC21[C@H]5C[C@H]43. The van der Waals surface area contributed by atoms with Gasteiger partial charge in [0.15, 0.2) is 0 Å². The summed E-state index contributed by atoms with van der Waals surface area (Å²) in [5, 5.41) is 0. The van der Waals surface area contributed by atoms with Crippen LogP contribution in [0.1, 0.15) is 12.8 Å². The molecule has 16 heavy (non-hydrogen) atoms. The van der Waals surface area contributed by atoms with Crippen LogP contribution in [0.25, 0.3) is 0 Å². The zero-order valence-corrected chi connectivity index (χ0v) is 9.30. The second-order valence-corrected chi connectivity index (χ2v) is 8.50. The van der Waals surface area contributed by atoms with Crippen LogP contribution in [0.3, 0.4) is 0 Å². The van der Waals surface area contributed by atoms with Crippen LogP contribution >= 0.6 is 0 Å². The van der Waals surface area contributed by atoms with E-state index in [2.05, 4.69) is 0 Å². The van der Waals surface area contributed by atoms with Crippen molar-refractivity contribution in [2.45, 2.75) is 18.4 Å². The lowest BCUT2D eigenvalue weighted by Crippen LogP contribution is -2.64. The molecule has 9 rings (SSSR count). The van der Waals surface area contributed by atoms with Crippen LogP contribution in [0.4, 0.5) is 0 Å². The molecule has 1 saturated heterocycles. The average molecular weight is 212 g/mol. The van der Waals surface area contributed by atoms with Crippen LogP contribution in [-0.4, -0.2) is 12.2 Å². The van der Waals surface area contributed by atoms with Gasteiger partial charge in [-0.2, -0.15) is 0 Å². The van der Waals surface area contributed by atoms with Crippen LogP contribution in [0, 0.1) is 64.6 Å². The zero-order valence-electron chi connectivity index (χ0n) is 9.30. The van der Waals surface area contributed by atoms with Crippen molar-refractivity contribution in [1.82, 2.24) is 0 Å². The Balaban J connectivity index is 1.71. The standard InChI is InChI=1S/C15H16O/c1-4-8-10-6-2-7-11(10)9(4)13-5(1)12(8)14(6)3-16-15(7,13)14/h4-13H,1-3H2/t4?,5?,6-,7+,8?,9?,10?,11?,12?,13?,14?,15?/m1/s1. The lowest BCUT2D eigenvalue weighted by atomic mass is 9.61. The van der Waals surface area contributed by atoms with Gasteiger partial charge in [0.1, 0.15) is 0 Å². The second-order valence-electron chi connectivity index (χ2n) is 8.50. The fourth-order valence-corrected chi connectivity index (χ4v) is 10.6. The van der Waals surface area contributed by atoms with Crippen molar-refractivity contribution < 1.29 is 4.74 Å². The molecule has 10 unspecified atom stereocenters. The van der Waals surface area contributed by atoms with Gasteiger partial charge in [-0.25, -0.2) is 0 Å². The van der Waals surface area contributed by atoms with Crippen LogP contribution in [0.5, 0.6) is 0 Å². The Labute approximate surface area is 94.9 Å². The first-order chi connectivity index (χ1) is 7.91. The smallest absolute Gasteiger partial charge is 0.0830 e. The largest absolute Gasteiger partial charge is 0.373 e. The molecule has 1 heterocycles. The van der Waals surface area contributed by atoms with Crippen molar-refractivity contribution in [3.63, 3.8) is 0 Å². The first-order valence-corrected chi connectivity index (χ1v) is 7.55. The van der Waals surface area contributed by atoms with Crippen LogP contribution in [0.15, 0.2) is 0 Å². The number of hydrogen-bond donors (Lipinski definition) is 0. The predicted molar refractivity (Wildman–Crippen MR) is 55.3 cm³/mol. The Morgan fingerprint density at radius 1 is 0.812 bits per heavy atom. The maximum atomic E-state index is 6.44. The highest BCUT2D eigenvalue weighted by Gasteiger charge is 3.01. The molecule has 12 atom stereocenters. The monoisotopic (exact) mass is 212 g/mol. The normalized spacial score (nSPS) is 97.5. The number of ether oxygens (including phenoxy) is 1. The van der Waals surface area contributed by atoms with Crippen molar-refractivity contribution >= 4 is 0 Å². The Kier molecular flexibility index (Phi) is 0.584. The van der Waals surface area contributed by atoms with Gasteiger partial charge in [-0.15, -0.1) is 0 Å². The van der Waals surface area contributed by atoms with E-state index in [0.29, 0.717) is 5.60 Å². The van der Waals surface area contributed by atoms with E-state index in [0.717, 1.165) is 29.1 Å². The number of rotatable bonds is 0. The summed E-state index contributed by atoms with van der Waals surface area (Å²) in [5.74, 6) is 11.6. The first-order valence-electron chi connectivity index (χ1n) is 7.55. The van der Waals surface area contributed by atoms with Crippen LogP contribution in [0.2, 0.25) is 0 Å². The molecule has 0 aromatic rings. The Hall–Kier alpha value is -0.0400. The van der Waals surface area contributed by atoms with Gasteiger partial charge in [0.2, 0.25) is 0 Å². The topological polar surface area (TPSA) is 9.23 Å². The predicted octanol–water partition coefficient (Wildman–Crippen LogP) is 1.78. The van der Waals surface area contributed by atoms with Crippen molar-refractivity contribution in [3.05, 3.63) is 0 Å². The summed E-state index contributed by atoms with van der Waals surface area (Å²) in [4.78, 5) is 0. The molecule has 82 valence electrons. The molecule has 9 fully saturated rings. The fraction of sp³-hybridized carbons (Fsp3) is 1.00. The Morgan fingerprint density at radius 2 is 1.69 bits per heavy atom. The van der Waals surface area contributed by atoms with E-state index in [1.165, 1.54) is 42.1 Å². The van der Waals surface area contributed by atoms with Crippen molar-refractivity contribution in [1.29, 1.82) is 0 Å². The van der Waals surface area contributed by atoms with E-state index in [-0.39, 0.29) is 0 Å². The maximum absolute atomic E-state index is 6.44. The minimum atomic E-state index is 0.513. The molecule has 0 radical (unpaired) electrons.